The molecule has 0 N–H and O–H groups in total. The minimum Gasteiger partial charge on any atom is -0.365 e. The summed E-state index contributed by atoms with van der Waals surface area (Å²) in [4.78, 5) is 0. The Hall–Kier alpha value is -0.820. The number of rotatable bonds is 1. The van der Waals surface area contributed by atoms with Crippen LogP contribution in [0.25, 0.3) is 0 Å². The van der Waals surface area contributed by atoms with Crippen molar-refractivity contribution in [2.75, 3.05) is 0 Å². The molecule has 3 aliphatic rings. The van der Waals surface area contributed by atoms with E-state index in [4.69, 9.17) is 4.74 Å². The van der Waals surface area contributed by atoms with Crippen molar-refractivity contribution in [1.29, 1.82) is 0 Å². The first-order valence-electron chi connectivity index (χ1n) is 7.74. The van der Waals surface area contributed by atoms with E-state index in [1.54, 1.807) is 0 Å². The SMILES string of the molecule is CC1(C)CCC[C@@]2(C)[C@H](c3ccccc3)C[C@H]3O[C@@]312. The Bertz CT molecular complexity index is 506. The zero-order valence-corrected chi connectivity index (χ0v) is 12.3. The molecule has 19 heavy (non-hydrogen) atoms. The second kappa shape index (κ2) is 3.44. The zero-order valence-electron chi connectivity index (χ0n) is 12.3. The number of epoxide rings is 1. The van der Waals surface area contributed by atoms with E-state index in [1.165, 1.54) is 31.2 Å². The summed E-state index contributed by atoms with van der Waals surface area (Å²) < 4.78 is 6.31. The molecule has 3 fully saturated rings. The minimum atomic E-state index is 0.165. The highest BCUT2D eigenvalue weighted by molar-refractivity contribution is 5.36. The molecule has 0 unspecified atom stereocenters. The highest BCUT2D eigenvalue weighted by Crippen LogP contribution is 2.76. The fourth-order valence-electron chi connectivity index (χ4n) is 5.64. The lowest BCUT2D eigenvalue weighted by Gasteiger charge is -2.50. The van der Waals surface area contributed by atoms with Gasteiger partial charge in [-0.2, -0.15) is 0 Å². The van der Waals surface area contributed by atoms with Crippen LogP contribution in [0, 0.1) is 10.8 Å². The lowest BCUT2D eigenvalue weighted by atomic mass is 9.54. The van der Waals surface area contributed by atoms with Crippen molar-refractivity contribution in [3.05, 3.63) is 35.9 Å². The highest BCUT2D eigenvalue weighted by Gasteiger charge is 2.80. The summed E-state index contributed by atoms with van der Waals surface area (Å²) in [5.74, 6) is 0.687. The topological polar surface area (TPSA) is 12.5 Å². The number of hydrogen-bond donors (Lipinski definition) is 0. The van der Waals surface area contributed by atoms with Crippen LogP contribution in [0.5, 0.6) is 0 Å². The maximum Gasteiger partial charge on any atom is 0.106 e. The van der Waals surface area contributed by atoms with E-state index >= 15 is 0 Å². The lowest BCUT2D eigenvalue weighted by molar-refractivity contribution is -0.0447. The Kier molecular flexibility index (Phi) is 2.16. The Morgan fingerprint density at radius 1 is 1.05 bits per heavy atom. The summed E-state index contributed by atoms with van der Waals surface area (Å²) in [6.07, 6.45) is 5.74. The van der Waals surface area contributed by atoms with Crippen molar-refractivity contribution >= 4 is 0 Å². The van der Waals surface area contributed by atoms with Gasteiger partial charge in [-0.05, 0) is 36.2 Å². The summed E-state index contributed by atoms with van der Waals surface area (Å²) in [6, 6.07) is 11.1. The summed E-state index contributed by atoms with van der Waals surface area (Å²) in [7, 11) is 0. The van der Waals surface area contributed by atoms with Gasteiger partial charge in [-0.3, -0.25) is 0 Å². The normalized spacial score (nSPS) is 46.5. The Balaban J connectivity index is 1.79. The first kappa shape index (κ1) is 12.0. The van der Waals surface area contributed by atoms with E-state index in [2.05, 4.69) is 51.1 Å². The second-order valence-corrected chi connectivity index (χ2v) is 7.70. The van der Waals surface area contributed by atoms with Crippen LogP contribution in [0.15, 0.2) is 30.3 Å². The molecule has 1 aliphatic heterocycles. The first-order valence-corrected chi connectivity index (χ1v) is 7.74. The van der Waals surface area contributed by atoms with Gasteiger partial charge in [-0.25, -0.2) is 0 Å². The maximum atomic E-state index is 6.31. The first-order chi connectivity index (χ1) is 9.01. The predicted octanol–water partition coefficient (Wildman–Crippen LogP) is 4.53. The molecule has 102 valence electrons. The Morgan fingerprint density at radius 3 is 2.53 bits per heavy atom. The number of hydrogen-bond acceptors (Lipinski definition) is 1. The molecule has 0 amide bonds. The molecule has 4 rings (SSSR count). The van der Waals surface area contributed by atoms with E-state index in [0.29, 0.717) is 22.9 Å². The van der Waals surface area contributed by atoms with Crippen LogP contribution in [0.4, 0.5) is 0 Å². The Morgan fingerprint density at radius 2 is 1.79 bits per heavy atom. The molecule has 2 aliphatic carbocycles. The quantitative estimate of drug-likeness (QED) is 0.673. The molecular formula is C18H24O. The van der Waals surface area contributed by atoms with Crippen molar-refractivity contribution in [3.8, 4) is 0 Å². The molecule has 2 saturated carbocycles. The van der Waals surface area contributed by atoms with Crippen LogP contribution in [0.2, 0.25) is 0 Å². The smallest absolute Gasteiger partial charge is 0.106 e. The van der Waals surface area contributed by atoms with E-state index in [0.717, 1.165) is 0 Å². The van der Waals surface area contributed by atoms with Crippen LogP contribution >= 0.6 is 0 Å². The van der Waals surface area contributed by atoms with E-state index in [-0.39, 0.29) is 5.60 Å². The third kappa shape index (κ3) is 1.25. The summed E-state index contributed by atoms with van der Waals surface area (Å²) >= 11 is 0. The average Bonchev–Trinajstić information content (AvgIpc) is 3.06. The standard InChI is InChI=1S/C18H24O/c1-16(2)10-7-11-17(3)14(12-15-18(16,17)19-15)13-8-5-4-6-9-13/h4-6,8-9,14-15H,7,10-12H2,1-3H3/t14-,15+,17-,18-/m0/s1. The zero-order chi connectivity index (χ0) is 13.3. The predicted molar refractivity (Wildman–Crippen MR) is 77.1 cm³/mol. The number of benzene rings is 1. The van der Waals surface area contributed by atoms with Crippen LogP contribution < -0.4 is 0 Å². The minimum absolute atomic E-state index is 0.165. The van der Waals surface area contributed by atoms with Gasteiger partial charge in [0.05, 0.1) is 6.10 Å². The molecule has 1 aromatic carbocycles. The van der Waals surface area contributed by atoms with Gasteiger partial charge in [0.1, 0.15) is 5.60 Å². The third-order valence-electron chi connectivity index (χ3n) is 6.50. The van der Waals surface area contributed by atoms with Gasteiger partial charge < -0.3 is 4.74 Å². The van der Waals surface area contributed by atoms with Gasteiger partial charge >= 0.3 is 0 Å². The summed E-state index contributed by atoms with van der Waals surface area (Å²) in [6.45, 7) is 7.36. The molecule has 0 bridgehead atoms. The van der Waals surface area contributed by atoms with Gasteiger partial charge in [-0.15, -0.1) is 0 Å². The fourth-order valence-corrected chi connectivity index (χ4v) is 5.64. The maximum absolute atomic E-state index is 6.31. The monoisotopic (exact) mass is 256 g/mol. The van der Waals surface area contributed by atoms with Gasteiger partial charge in [0, 0.05) is 5.41 Å². The molecular weight excluding hydrogens is 232 g/mol. The molecule has 0 aromatic heterocycles. The summed E-state index contributed by atoms with van der Waals surface area (Å²) in [5.41, 5.74) is 2.37. The molecule has 1 nitrogen and oxygen atoms in total. The van der Waals surface area contributed by atoms with Crippen molar-refractivity contribution in [3.63, 3.8) is 0 Å². The molecule has 1 heterocycles. The average molecular weight is 256 g/mol. The van der Waals surface area contributed by atoms with Gasteiger partial charge in [0.25, 0.3) is 0 Å². The molecule has 1 heteroatoms. The van der Waals surface area contributed by atoms with E-state index in [9.17, 15) is 0 Å². The summed E-state index contributed by atoms with van der Waals surface area (Å²) in [5, 5.41) is 0. The van der Waals surface area contributed by atoms with Gasteiger partial charge in [-0.1, -0.05) is 57.5 Å². The van der Waals surface area contributed by atoms with Crippen molar-refractivity contribution < 1.29 is 4.74 Å². The van der Waals surface area contributed by atoms with Crippen molar-refractivity contribution in [1.82, 2.24) is 0 Å². The lowest BCUT2D eigenvalue weighted by Crippen LogP contribution is -2.50. The van der Waals surface area contributed by atoms with Gasteiger partial charge in [0.2, 0.25) is 0 Å². The molecule has 1 aromatic rings. The van der Waals surface area contributed by atoms with Crippen molar-refractivity contribution in [2.45, 2.75) is 64.1 Å². The highest BCUT2D eigenvalue weighted by atomic mass is 16.6. The fraction of sp³-hybridized carbons (Fsp3) is 0.667. The van der Waals surface area contributed by atoms with Crippen molar-refractivity contribution in [2.24, 2.45) is 10.8 Å². The van der Waals surface area contributed by atoms with Crippen LogP contribution in [0.1, 0.15) is 57.9 Å². The molecule has 0 radical (unpaired) electrons. The second-order valence-electron chi connectivity index (χ2n) is 7.70. The number of ether oxygens (including phenoxy) is 1. The van der Waals surface area contributed by atoms with E-state index in [1.807, 2.05) is 0 Å². The Labute approximate surface area is 116 Å². The third-order valence-corrected chi connectivity index (χ3v) is 6.50. The van der Waals surface area contributed by atoms with Crippen LogP contribution in [0.3, 0.4) is 0 Å². The van der Waals surface area contributed by atoms with Crippen LogP contribution in [-0.4, -0.2) is 11.7 Å². The molecule has 1 spiro atoms. The van der Waals surface area contributed by atoms with Gasteiger partial charge in [0.15, 0.2) is 0 Å². The molecule has 1 saturated heterocycles. The molecule has 4 atom stereocenters. The largest absolute Gasteiger partial charge is 0.365 e. The van der Waals surface area contributed by atoms with Crippen LogP contribution in [-0.2, 0) is 4.74 Å². The van der Waals surface area contributed by atoms with E-state index < -0.39 is 0 Å².